The second-order valence-corrected chi connectivity index (χ2v) is 6.69. The molecule has 4 aliphatic carbocycles. The Morgan fingerprint density at radius 1 is 1.44 bits per heavy atom. The summed E-state index contributed by atoms with van der Waals surface area (Å²) in [4.78, 5) is 3.93. The SMILES string of the molecule is [C-]#[N+]C1(CC2=CC[C@H]3C[C@@H]2C3(C)C)CCC1. The molecular formula is C15H21N. The minimum absolute atomic E-state index is 0.0182. The molecule has 2 atom stereocenters. The lowest BCUT2D eigenvalue weighted by molar-refractivity contribution is -0.0107. The number of nitrogens with zero attached hydrogens (tertiary/aromatic N) is 1. The van der Waals surface area contributed by atoms with Crippen LogP contribution in [0, 0.1) is 23.8 Å². The highest BCUT2D eigenvalue weighted by Crippen LogP contribution is 2.61. The Labute approximate surface area is 98.7 Å². The summed E-state index contributed by atoms with van der Waals surface area (Å²) >= 11 is 0. The van der Waals surface area contributed by atoms with E-state index in [4.69, 9.17) is 6.57 Å². The first kappa shape index (κ1) is 10.4. The molecule has 0 aliphatic heterocycles. The third kappa shape index (κ3) is 1.22. The molecule has 86 valence electrons. The Morgan fingerprint density at radius 2 is 2.19 bits per heavy atom. The van der Waals surface area contributed by atoms with Gasteiger partial charge in [-0.25, -0.2) is 6.57 Å². The fourth-order valence-electron chi connectivity index (χ4n) is 3.97. The van der Waals surface area contributed by atoms with Gasteiger partial charge in [0, 0.05) is 19.3 Å². The van der Waals surface area contributed by atoms with E-state index in [-0.39, 0.29) is 5.54 Å². The van der Waals surface area contributed by atoms with E-state index in [1.165, 1.54) is 19.3 Å². The summed E-state index contributed by atoms with van der Waals surface area (Å²) < 4.78 is 0. The molecule has 4 rings (SSSR count). The average Bonchev–Trinajstić information content (AvgIpc) is 2.23. The third-order valence-electron chi connectivity index (χ3n) is 5.64. The van der Waals surface area contributed by atoms with E-state index < -0.39 is 0 Å². The van der Waals surface area contributed by atoms with Gasteiger partial charge in [-0.2, -0.15) is 0 Å². The summed E-state index contributed by atoms with van der Waals surface area (Å²) in [5.41, 5.74) is 2.17. The van der Waals surface area contributed by atoms with E-state index in [1.807, 2.05) is 0 Å². The first-order valence-electron chi connectivity index (χ1n) is 6.65. The van der Waals surface area contributed by atoms with E-state index in [0.29, 0.717) is 5.41 Å². The van der Waals surface area contributed by atoms with Crippen LogP contribution in [0.3, 0.4) is 0 Å². The Morgan fingerprint density at radius 3 is 2.62 bits per heavy atom. The van der Waals surface area contributed by atoms with Gasteiger partial charge in [0.05, 0.1) is 0 Å². The first-order chi connectivity index (χ1) is 7.57. The van der Waals surface area contributed by atoms with Gasteiger partial charge in [-0.15, -0.1) is 0 Å². The molecule has 0 amide bonds. The Kier molecular flexibility index (Phi) is 2.03. The number of hydrogen-bond acceptors (Lipinski definition) is 0. The van der Waals surface area contributed by atoms with E-state index in [9.17, 15) is 0 Å². The van der Waals surface area contributed by atoms with Crippen molar-refractivity contribution < 1.29 is 0 Å². The topological polar surface area (TPSA) is 4.36 Å². The van der Waals surface area contributed by atoms with Gasteiger partial charge in [0.25, 0.3) is 0 Å². The van der Waals surface area contributed by atoms with Crippen molar-refractivity contribution in [2.24, 2.45) is 17.3 Å². The quantitative estimate of drug-likeness (QED) is 0.480. The smallest absolute Gasteiger partial charge is 0.236 e. The third-order valence-corrected chi connectivity index (χ3v) is 5.64. The molecule has 4 aliphatic rings. The van der Waals surface area contributed by atoms with Crippen LogP contribution in [0.4, 0.5) is 0 Å². The molecule has 0 saturated heterocycles. The van der Waals surface area contributed by atoms with Crippen LogP contribution in [0.15, 0.2) is 11.6 Å². The van der Waals surface area contributed by atoms with Gasteiger partial charge in [0.2, 0.25) is 5.54 Å². The van der Waals surface area contributed by atoms with Crippen LogP contribution in [-0.4, -0.2) is 5.54 Å². The second kappa shape index (κ2) is 3.13. The van der Waals surface area contributed by atoms with E-state index >= 15 is 0 Å². The summed E-state index contributed by atoms with van der Waals surface area (Å²) in [6.45, 7) is 12.2. The monoisotopic (exact) mass is 215 g/mol. The predicted molar refractivity (Wildman–Crippen MR) is 65.9 cm³/mol. The van der Waals surface area contributed by atoms with Crippen molar-refractivity contribution in [1.82, 2.24) is 0 Å². The highest BCUT2D eigenvalue weighted by Gasteiger charge is 2.54. The molecule has 0 aromatic heterocycles. The maximum absolute atomic E-state index is 7.40. The van der Waals surface area contributed by atoms with E-state index in [1.54, 1.807) is 5.57 Å². The molecule has 0 spiro atoms. The summed E-state index contributed by atoms with van der Waals surface area (Å²) in [6, 6.07) is 0. The lowest BCUT2D eigenvalue weighted by Gasteiger charge is -2.57. The minimum Gasteiger partial charge on any atom is -0.310 e. The van der Waals surface area contributed by atoms with Crippen molar-refractivity contribution in [1.29, 1.82) is 0 Å². The van der Waals surface area contributed by atoms with Crippen LogP contribution in [0.25, 0.3) is 4.85 Å². The fourth-order valence-corrected chi connectivity index (χ4v) is 3.97. The molecule has 16 heavy (non-hydrogen) atoms. The highest BCUT2D eigenvalue weighted by atomic mass is 14.8. The summed E-state index contributed by atoms with van der Waals surface area (Å²) in [5, 5.41) is 0. The van der Waals surface area contributed by atoms with Gasteiger partial charge in [-0.3, -0.25) is 0 Å². The van der Waals surface area contributed by atoms with Gasteiger partial charge >= 0.3 is 0 Å². The highest BCUT2D eigenvalue weighted by molar-refractivity contribution is 5.27. The van der Waals surface area contributed by atoms with Crippen molar-refractivity contribution in [3.63, 3.8) is 0 Å². The van der Waals surface area contributed by atoms with Crippen molar-refractivity contribution >= 4 is 0 Å². The number of rotatable bonds is 2. The lowest BCUT2D eigenvalue weighted by atomic mass is 9.47. The maximum atomic E-state index is 7.40. The van der Waals surface area contributed by atoms with Gasteiger partial charge in [-0.05, 0) is 36.5 Å². The molecule has 0 N–H and O–H groups in total. The van der Waals surface area contributed by atoms with Crippen LogP contribution in [0.1, 0.15) is 52.4 Å². The Hall–Kier alpha value is -0.770. The number of hydrogen-bond donors (Lipinski definition) is 0. The molecule has 0 radical (unpaired) electrons. The van der Waals surface area contributed by atoms with Crippen molar-refractivity contribution in [3.05, 3.63) is 23.1 Å². The van der Waals surface area contributed by atoms with Crippen LogP contribution < -0.4 is 0 Å². The van der Waals surface area contributed by atoms with Crippen LogP contribution in [-0.2, 0) is 0 Å². The van der Waals surface area contributed by atoms with Crippen LogP contribution >= 0.6 is 0 Å². The molecular weight excluding hydrogens is 194 g/mol. The molecule has 0 heterocycles. The number of allylic oxidation sites excluding steroid dienone is 1. The number of fused-ring (bicyclic) bond motifs is 1. The van der Waals surface area contributed by atoms with Crippen LogP contribution in [0.2, 0.25) is 0 Å². The van der Waals surface area contributed by atoms with E-state index in [2.05, 4.69) is 24.8 Å². The van der Waals surface area contributed by atoms with E-state index in [0.717, 1.165) is 31.1 Å². The second-order valence-electron chi connectivity index (χ2n) is 6.69. The molecule has 1 nitrogen and oxygen atoms in total. The Balaban J connectivity index is 1.77. The fraction of sp³-hybridized carbons (Fsp3) is 0.800. The Bertz CT molecular complexity index is 379. The average molecular weight is 215 g/mol. The molecule has 0 unspecified atom stereocenters. The van der Waals surface area contributed by atoms with Gasteiger partial charge in [0.15, 0.2) is 0 Å². The summed E-state index contributed by atoms with van der Waals surface area (Å²) in [6.07, 6.45) is 9.77. The van der Waals surface area contributed by atoms with Gasteiger partial charge < -0.3 is 4.85 Å². The summed E-state index contributed by atoms with van der Waals surface area (Å²) in [7, 11) is 0. The standard InChI is InChI=1S/C15H21N/c1-14(2)12-6-5-11(13(14)9-12)10-15(16-3)7-4-8-15/h5,12-13H,4,6-10H2,1-2H3/t12-,13-/m0/s1. The summed E-state index contributed by atoms with van der Waals surface area (Å²) in [5.74, 6) is 1.72. The minimum atomic E-state index is 0.0182. The molecule has 2 fully saturated rings. The zero-order valence-electron chi connectivity index (χ0n) is 10.4. The zero-order chi connectivity index (χ0) is 11.4. The lowest BCUT2D eigenvalue weighted by Crippen LogP contribution is -2.49. The first-order valence-corrected chi connectivity index (χ1v) is 6.65. The van der Waals surface area contributed by atoms with Gasteiger partial charge in [0.1, 0.15) is 0 Å². The zero-order valence-corrected chi connectivity index (χ0v) is 10.4. The normalized spacial score (nSPS) is 37.7. The molecule has 2 saturated carbocycles. The maximum Gasteiger partial charge on any atom is 0.236 e. The predicted octanol–water partition coefficient (Wildman–Crippen LogP) is 4.21. The van der Waals surface area contributed by atoms with Crippen molar-refractivity contribution in [3.8, 4) is 0 Å². The molecule has 2 bridgehead atoms. The molecule has 0 aromatic carbocycles. The van der Waals surface area contributed by atoms with Crippen LogP contribution in [0.5, 0.6) is 0 Å². The van der Waals surface area contributed by atoms with Crippen molar-refractivity contribution in [2.45, 2.75) is 57.9 Å². The molecule has 0 aromatic rings. The van der Waals surface area contributed by atoms with Gasteiger partial charge in [-0.1, -0.05) is 25.5 Å². The largest absolute Gasteiger partial charge is 0.310 e. The van der Waals surface area contributed by atoms with Crippen molar-refractivity contribution in [2.75, 3.05) is 0 Å². The molecule has 1 heteroatoms.